The number of carbonyl (C=O) groups excluding carboxylic acids is 1. The molecule has 0 saturated carbocycles. The zero-order chi connectivity index (χ0) is 24.2. The summed E-state index contributed by atoms with van der Waals surface area (Å²) >= 11 is 0. The van der Waals surface area contributed by atoms with Gasteiger partial charge in [-0.05, 0) is 79.6 Å². The lowest BCUT2D eigenvalue weighted by molar-refractivity contribution is 0.0931. The molecule has 2 N–H and O–H groups in total. The van der Waals surface area contributed by atoms with E-state index >= 15 is 0 Å². The zero-order valence-corrected chi connectivity index (χ0v) is 20.7. The fourth-order valence-corrected chi connectivity index (χ4v) is 5.26. The van der Waals surface area contributed by atoms with Crippen molar-refractivity contribution < 1.29 is 13.2 Å². The minimum atomic E-state index is -3.86. The molecule has 5 nitrogen and oxygen atoms in total. The Labute approximate surface area is 197 Å². The summed E-state index contributed by atoms with van der Waals surface area (Å²) in [7, 11) is -3.86. The number of aryl methyl sites for hydroxylation is 3. The summed E-state index contributed by atoms with van der Waals surface area (Å²) in [4.78, 5) is 13.2. The van der Waals surface area contributed by atoms with Crippen LogP contribution in [0.15, 0.2) is 71.6 Å². The number of anilines is 1. The van der Waals surface area contributed by atoms with Gasteiger partial charge in [0.1, 0.15) is 0 Å². The highest BCUT2D eigenvalue weighted by atomic mass is 32.2. The normalized spacial score (nSPS) is 12.4. The largest absolute Gasteiger partial charge is 0.345 e. The van der Waals surface area contributed by atoms with E-state index in [1.54, 1.807) is 31.2 Å². The highest BCUT2D eigenvalue weighted by molar-refractivity contribution is 7.92. The Morgan fingerprint density at radius 3 is 2.12 bits per heavy atom. The molecule has 0 aromatic heterocycles. The summed E-state index contributed by atoms with van der Waals surface area (Å²) in [6.45, 7) is 9.78. The summed E-state index contributed by atoms with van der Waals surface area (Å²) in [6, 6.07) is 20.0. The molecule has 1 amide bonds. The number of hydrogen-bond donors (Lipinski definition) is 2. The Bertz CT molecular complexity index is 1220. The molecule has 0 saturated heterocycles. The number of benzene rings is 3. The minimum absolute atomic E-state index is 0.0921. The Morgan fingerprint density at radius 1 is 0.879 bits per heavy atom. The first-order chi connectivity index (χ1) is 15.5. The third-order valence-electron chi connectivity index (χ3n) is 5.43. The van der Waals surface area contributed by atoms with Crippen molar-refractivity contribution in [3.05, 3.63) is 94.5 Å². The van der Waals surface area contributed by atoms with Crippen LogP contribution in [-0.4, -0.2) is 14.3 Å². The summed E-state index contributed by atoms with van der Waals surface area (Å²) in [5, 5.41) is 3.09. The van der Waals surface area contributed by atoms with E-state index < -0.39 is 10.0 Å². The summed E-state index contributed by atoms with van der Waals surface area (Å²) in [6.07, 6.45) is 0.779. The third-order valence-corrected chi connectivity index (χ3v) is 6.95. The Balaban J connectivity index is 1.88. The maximum absolute atomic E-state index is 13.2. The molecule has 0 fully saturated rings. The van der Waals surface area contributed by atoms with Gasteiger partial charge >= 0.3 is 0 Å². The van der Waals surface area contributed by atoms with E-state index in [2.05, 4.69) is 23.9 Å². The zero-order valence-electron chi connectivity index (χ0n) is 19.8. The van der Waals surface area contributed by atoms with Crippen LogP contribution in [0.1, 0.15) is 58.9 Å². The number of carbonyl (C=O) groups is 1. The maximum atomic E-state index is 13.2. The fourth-order valence-electron chi connectivity index (χ4n) is 3.95. The van der Waals surface area contributed by atoms with E-state index in [0.717, 1.165) is 23.1 Å². The van der Waals surface area contributed by atoms with Crippen molar-refractivity contribution in [2.45, 2.75) is 52.0 Å². The maximum Gasteiger partial charge on any atom is 0.262 e. The molecule has 0 aliphatic rings. The number of nitrogens with one attached hydrogen (secondary N) is 2. The van der Waals surface area contributed by atoms with Crippen molar-refractivity contribution in [2.75, 3.05) is 4.72 Å². The quantitative estimate of drug-likeness (QED) is 0.434. The topological polar surface area (TPSA) is 75.3 Å². The van der Waals surface area contributed by atoms with Gasteiger partial charge in [0.2, 0.25) is 0 Å². The second-order valence-corrected chi connectivity index (χ2v) is 10.7. The number of hydrogen-bond acceptors (Lipinski definition) is 3. The molecule has 3 rings (SSSR count). The average Bonchev–Trinajstić information content (AvgIpc) is 2.72. The minimum Gasteiger partial charge on any atom is -0.345 e. The number of sulfonamides is 1. The Kier molecular flexibility index (Phi) is 7.59. The van der Waals surface area contributed by atoms with E-state index in [4.69, 9.17) is 0 Å². The molecule has 0 heterocycles. The van der Waals surface area contributed by atoms with Crippen LogP contribution in [-0.2, 0) is 10.0 Å². The molecule has 0 radical (unpaired) electrons. The van der Waals surface area contributed by atoms with Gasteiger partial charge in [-0.3, -0.25) is 9.52 Å². The first-order valence-electron chi connectivity index (χ1n) is 11.1. The summed E-state index contributed by atoms with van der Waals surface area (Å²) in [5.74, 6) is 0.0822. The van der Waals surface area contributed by atoms with Crippen LogP contribution in [0.4, 0.5) is 5.69 Å². The number of rotatable bonds is 8. The van der Waals surface area contributed by atoms with Crippen LogP contribution in [0.3, 0.4) is 0 Å². The van der Waals surface area contributed by atoms with E-state index in [1.807, 2.05) is 50.2 Å². The molecule has 33 heavy (non-hydrogen) atoms. The van der Waals surface area contributed by atoms with Crippen molar-refractivity contribution in [1.82, 2.24) is 5.32 Å². The van der Waals surface area contributed by atoms with Crippen LogP contribution >= 0.6 is 0 Å². The van der Waals surface area contributed by atoms with Crippen LogP contribution in [0.25, 0.3) is 0 Å². The molecule has 174 valence electrons. The predicted molar refractivity (Wildman–Crippen MR) is 134 cm³/mol. The van der Waals surface area contributed by atoms with Crippen LogP contribution < -0.4 is 10.0 Å². The standard InChI is InChI=1S/C27H32N2O3S/c1-18(2)13-25(22-9-7-6-8-10-22)28-27(30)23-12-11-21(5)26(17-23)33(31,32)29-24-15-19(3)14-20(4)16-24/h6-12,14-18,25,29H,13H2,1-5H3,(H,28,30)/t25-/m1/s1. The third kappa shape index (κ3) is 6.45. The monoisotopic (exact) mass is 464 g/mol. The van der Waals surface area contributed by atoms with Gasteiger partial charge in [-0.15, -0.1) is 0 Å². The van der Waals surface area contributed by atoms with Crippen LogP contribution in [0.5, 0.6) is 0 Å². The van der Waals surface area contributed by atoms with Crippen LogP contribution in [0, 0.1) is 26.7 Å². The van der Waals surface area contributed by atoms with Crippen molar-refractivity contribution in [3.8, 4) is 0 Å². The Hall–Kier alpha value is -3.12. The molecule has 3 aromatic rings. The number of amides is 1. The molecular weight excluding hydrogens is 432 g/mol. The molecule has 0 bridgehead atoms. The second kappa shape index (κ2) is 10.2. The van der Waals surface area contributed by atoms with E-state index in [-0.39, 0.29) is 16.8 Å². The van der Waals surface area contributed by atoms with Gasteiger partial charge in [0.05, 0.1) is 10.9 Å². The lowest BCUT2D eigenvalue weighted by Crippen LogP contribution is -2.29. The first-order valence-corrected chi connectivity index (χ1v) is 12.6. The first kappa shape index (κ1) is 24.5. The van der Waals surface area contributed by atoms with Crippen molar-refractivity contribution in [2.24, 2.45) is 5.92 Å². The summed E-state index contributed by atoms with van der Waals surface area (Å²) < 4.78 is 29.0. The average molecular weight is 465 g/mol. The van der Waals surface area contributed by atoms with Crippen molar-refractivity contribution in [1.29, 1.82) is 0 Å². The molecule has 1 atom stereocenters. The van der Waals surface area contributed by atoms with E-state index in [9.17, 15) is 13.2 Å². The van der Waals surface area contributed by atoms with Crippen molar-refractivity contribution >= 4 is 21.6 Å². The van der Waals surface area contributed by atoms with Gasteiger partial charge < -0.3 is 5.32 Å². The van der Waals surface area contributed by atoms with Crippen molar-refractivity contribution in [3.63, 3.8) is 0 Å². The molecule has 6 heteroatoms. The second-order valence-electron chi connectivity index (χ2n) is 9.03. The molecule has 0 spiro atoms. The van der Waals surface area contributed by atoms with Gasteiger partial charge in [0.15, 0.2) is 0 Å². The summed E-state index contributed by atoms with van der Waals surface area (Å²) in [5.41, 5.74) is 4.35. The van der Waals surface area contributed by atoms with Gasteiger partial charge in [0.25, 0.3) is 15.9 Å². The van der Waals surface area contributed by atoms with Gasteiger partial charge in [-0.1, -0.05) is 56.3 Å². The smallest absolute Gasteiger partial charge is 0.262 e. The molecular formula is C27H32N2O3S. The molecule has 0 aliphatic heterocycles. The van der Waals surface area contributed by atoms with E-state index in [1.165, 1.54) is 6.07 Å². The molecule has 0 aliphatic carbocycles. The Morgan fingerprint density at radius 2 is 1.52 bits per heavy atom. The molecule has 3 aromatic carbocycles. The highest BCUT2D eigenvalue weighted by Gasteiger charge is 2.22. The highest BCUT2D eigenvalue weighted by Crippen LogP contribution is 2.25. The SMILES string of the molecule is Cc1cc(C)cc(NS(=O)(=O)c2cc(C(=O)N[C@H](CC(C)C)c3ccccc3)ccc2C)c1. The molecule has 0 unspecified atom stereocenters. The predicted octanol–water partition coefficient (Wildman–Crippen LogP) is 5.93. The lowest BCUT2D eigenvalue weighted by Gasteiger charge is -2.21. The lowest BCUT2D eigenvalue weighted by atomic mass is 9.96. The fraction of sp³-hybridized carbons (Fsp3) is 0.296. The van der Waals surface area contributed by atoms with Gasteiger partial charge in [0, 0.05) is 11.3 Å². The van der Waals surface area contributed by atoms with Crippen LogP contribution in [0.2, 0.25) is 0 Å². The van der Waals surface area contributed by atoms with Gasteiger partial charge in [-0.2, -0.15) is 0 Å². The van der Waals surface area contributed by atoms with E-state index in [0.29, 0.717) is 22.7 Å². The van der Waals surface area contributed by atoms with Gasteiger partial charge in [-0.25, -0.2) is 8.42 Å².